The van der Waals surface area contributed by atoms with Gasteiger partial charge in [-0.15, -0.1) is 0 Å². The summed E-state index contributed by atoms with van der Waals surface area (Å²) >= 11 is 0. The molecule has 4 nitrogen and oxygen atoms in total. The topological polar surface area (TPSA) is 21.8 Å². The molecular weight excluding hydrogens is 296 g/mol. The Morgan fingerprint density at radius 2 is 1.12 bits per heavy atom. The van der Waals surface area contributed by atoms with Crippen LogP contribution in [0.25, 0.3) is 0 Å². The molecule has 0 saturated heterocycles. The van der Waals surface area contributed by atoms with Gasteiger partial charge in [-0.1, -0.05) is 41.5 Å². The molecule has 0 aromatic rings. The second-order valence-electron chi connectivity index (χ2n) is 7.18. The van der Waals surface area contributed by atoms with Crippen LogP contribution in [-0.2, 0) is 0 Å². The zero-order valence-electron chi connectivity index (χ0n) is 18.5. The molecule has 0 aromatic carbocycles. The minimum atomic E-state index is 0.560. The van der Waals surface area contributed by atoms with Gasteiger partial charge in [0.15, 0.2) is 0 Å². The van der Waals surface area contributed by atoms with Crippen molar-refractivity contribution in [2.24, 2.45) is 5.92 Å². The van der Waals surface area contributed by atoms with Gasteiger partial charge >= 0.3 is 0 Å². The molecular formula is C20H48N4. The Balaban J connectivity index is 0. The molecule has 0 bridgehead atoms. The molecule has 0 aliphatic carbocycles. The number of hydrogen-bond acceptors (Lipinski definition) is 4. The van der Waals surface area contributed by atoms with Crippen molar-refractivity contribution in [1.82, 2.24) is 20.0 Å². The standard InChI is InChI=1S/C11H26N2.C9H22N2/c1-5-12(6-2)10-9-11-13(7-3)8-4;1-7(2)9(11(5)6)8(3)10-4/h5-11H2,1-4H3;7-10H,1-6H3. The van der Waals surface area contributed by atoms with Crippen LogP contribution < -0.4 is 5.32 Å². The van der Waals surface area contributed by atoms with E-state index >= 15 is 0 Å². The van der Waals surface area contributed by atoms with E-state index in [-0.39, 0.29) is 0 Å². The molecule has 0 heterocycles. The predicted octanol–water partition coefficient (Wildman–Crippen LogP) is 3.24. The van der Waals surface area contributed by atoms with E-state index in [1.54, 1.807) is 0 Å². The number of likely N-dealkylation sites (N-methyl/N-ethyl adjacent to an activating group) is 2. The van der Waals surface area contributed by atoms with Crippen molar-refractivity contribution in [2.75, 3.05) is 60.4 Å². The zero-order valence-corrected chi connectivity index (χ0v) is 18.5. The first-order valence-corrected chi connectivity index (χ1v) is 10.1. The van der Waals surface area contributed by atoms with Gasteiger partial charge in [0.1, 0.15) is 0 Å². The lowest BCUT2D eigenvalue weighted by molar-refractivity contribution is 0.189. The molecule has 24 heavy (non-hydrogen) atoms. The Morgan fingerprint density at radius 3 is 1.29 bits per heavy atom. The molecule has 0 saturated carbocycles. The summed E-state index contributed by atoms with van der Waals surface area (Å²) in [5.41, 5.74) is 0. The van der Waals surface area contributed by atoms with Crippen molar-refractivity contribution in [2.45, 2.75) is 67.0 Å². The quantitative estimate of drug-likeness (QED) is 0.587. The van der Waals surface area contributed by atoms with Crippen LogP contribution in [-0.4, -0.2) is 87.2 Å². The summed E-state index contributed by atoms with van der Waals surface area (Å²) in [6.45, 7) is 23.0. The predicted molar refractivity (Wildman–Crippen MR) is 111 cm³/mol. The van der Waals surface area contributed by atoms with Crippen molar-refractivity contribution in [1.29, 1.82) is 0 Å². The first kappa shape index (κ1) is 26.1. The minimum absolute atomic E-state index is 0.560. The first-order chi connectivity index (χ1) is 11.3. The maximum Gasteiger partial charge on any atom is 0.0263 e. The fourth-order valence-electron chi connectivity index (χ4n) is 3.39. The summed E-state index contributed by atoms with van der Waals surface area (Å²) in [4.78, 5) is 7.26. The summed E-state index contributed by atoms with van der Waals surface area (Å²) in [6, 6.07) is 1.19. The van der Waals surface area contributed by atoms with Crippen LogP contribution in [0.1, 0.15) is 54.9 Å². The smallest absolute Gasteiger partial charge is 0.0263 e. The number of nitrogens with zero attached hydrogens (tertiary/aromatic N) is 3. The molecule has 2 unspecified atom stereocenters. The van der Waals surface area contributed by atoms with Gasteiger partial charge in [-0.3, -0.25) is 0 Å². The average molecular weight is 345 g/mol. The van der Waals surface area contributed by atoms with Crippen molar-refractivity contribution in [3.8, 4) is 0 Å². The third kappa shape index (κ3) is 12.2. The highest BCUT2D eigenvalue weighted by Crippen LogP contribution is 2.11. The van der Waals surface area contributed by atoms with Crippen LogP contribution in [0.4, 0.5) is 0 Å². The maximum absolute atomic E-state index is 3.29. The maximum atomic E-state index is 3.29. The van der Waals surface area contributed by atoms with Gasteiger partial charge in [-0.25, -0.2) is 0 Å². The fraction of sp³-hybridized carbons (Fsp3) is 1.00. The van der Waals surface area contributed by atoms with Gasteiger partial charge in [0.25, 0.3) is 0 Å². The van der Waals surface area contributed by atoms with Gasteiger partial charge in [0.05, 0.1) is 0 Å². The van der Waals surface area contributed by atoms with Gasteiger partial charge in [0.2, 0.25) is 0 Å². The first-order valence-electron chi connectivity index (χ1n) is 10.1. The van der Waals surface area contributed by atoms with Crippen LogP contribution in [0.5, 0.6) is 0 Å². The summed E-state index contributed by atoms with van der Waals surface area (Å²) in [5.74, 6) is 0.701. The lowest BCUT2D eigenvalue weighted by atomic mass is 9.97. The summed E-state index contributed by atoms with van der Waals surface area (Å²) in [6.07, 6.45) is 1.31. The second-order valence-corrected chi connectivity index (χ2v) is 7.18. The van der Waals surface area contributed by atoms with Crippen LogP contribution in [0, 0.1) is 5.92 Å². The molecule has 0 fully saturated rings. The monoisotopic (exact) mass is 344 g/mol. The van der Waals surface area contributed by atoms with Crippen molar-refractivity contribution >= 4 is 0 Å². The van der Waals surface area contributed by atoms with E-state index in [4.69, 9.17) is 0 Å². The number of hydrogen-bond donors (Lipinski definition) is 1. The Morgan fingerprint density at radius 1 is 0.750 bits per heavy atom. The molecule has 0 radical (unpaired) electrons. The zero-order chi connectivity index (χ0) is 19.1. The largest absolute Gasteiger partial charge is 0.316 e. The second kappa shape index (κ2) is 16.3. The molecule has 0 aromatic heterocycles. The molecule has 0 spiro atoms. The third-order valence-electron chi connectivity index (χ3n) is 4.98. The van der Waals surface area contributed by atoms with Crippen LogP contribution in [0.15, 0.2) is 0 Å². The third-order valence-corrected chi connectivity index (χ3v) is 4.98. The highest BCUT2D eigenvalue weighted by atomic mass is 15.1. The van der Waals surface area contributed by atoms with Crippen LogP contribution in [0.3, 0.4) is 0 Å². The van der Waals surface area contributed by atoms with Crippen LogP contribution >= 0.6 is 0 Å². The normalized spacial score (nSPS) is 14.2. The highest BCUT2D eigenvalue weighted by molar-refractivity contribution is 4.79. The van der Waals surface area contributed by atoms with Gasteiger partial charge in [-0.2, -0.15) is 0 Å². The van der Waals surface area contributed by atoms with E-state index < -0.39 is 0 Å². The van der Waals surface area contributed by atoms with Gasteiger partial charge in [-0.05, 0) is 79.7 Å². The van der Waals surface area contributed by atoms with Crippen molar-refractivity contribution in [3.05, 3.63) is 0 Å². The number of nitrogens with one attached hydrogen (secondary N) is 1. The van der Waals surface area contributed by atoms with Crippen molar-refractivity contribution in [3.63, 3.8) is 0 Å². The average Bonchev–Trinajstić information content (AvgIpc) is 2.55. The van der Waals surface area contributed by atoms with Crippen LogP contribution in [0.2, 0.25) is 0 Å². The molecule has 0 aliphatic rings. The van der Waals surface area contributed by atoms with E-state index in [1.807, 2.05) is 7.05 Å². The molecule has 2 atom stereocenters. The molecule has 4 heteroatoms. The summed E-state index contributed by atoms with van der Waals surface area (Å²) in [5, 5.41) is 3.29. The Kier molecular flexibility index (Phi) is 17.7. The van der Waals surface area contributed by atoms with E-state index in [1.165, 1.54) is 45.7 Å². The Bertz CT molecular complexity index is 228. The fourth-order valence-corrected chi connectivity index (χ4v) is 3.39. The molecule has 0 aliphatic heterocycles. The lowest BCUT2D eigenvalue weighted by Crippen LogP contribution is -2.47. The number of rotatable bonds is 12. The molecule has 0 amide bonds. The lowest BCUT2D eigenvalue weighted by Gasteiger charge is -2.33. The molecule has 148 valence electrons. The van der Waals surface area contributed by atoms with E-state index in [9.17, 15) is 0 Å². The Labute approximate surface area is 154 Å². The summed E-state index contributed by atoms with van der Waals surface area (Å²) < 4.78 is 0. The SMILES string of the molecule is CCN(CC)CCCN(CC)CC.CNC(C)C(C(C)C)N(C)C. The molecule has 0 rings (SSSR count). The van der Waals surface area contributed by atoms with E-state index in [2.05, 4.69) is 82.6 Å². The van der Waals surface area contributed by atoms with E-state index in [0.29, 0.717) is 18.0 Å². The summed E-state index contributed by atoms with van der Waals surface area (Å²) in [7, 11) is 6.29. The molecule has 1 N–H and O–H groups in total. The van der Waals surface area contributed by atoms with Gasteiger partial charge < -0.3 is 20.0 Å². The van der Waals surface area contributed by atoms with Gasteiger partial charge in [0, 0.05) is 12.1 Å². The van der Waals surface area contributed by atoms with E-state index in [0.717, 1.165) is 0 Å². The highest BCUT2D eigenvalue weighted by Gasteiger charge is 2.20. The van der Waals surface area contributed by atoms with Crippen molar-refractivity contribution < 1.29 is 0 Å². The minimum Gasteiger partial charge on any atom is -0.316 e. The Hall–Kier alpha value is -0.160.